The zero-order chi connectivity index (χ0) is 28.4. The van der Waals surface area contributed by atoms with Crippen molar-refractivity contribution < 1.29 is 29.5 Å². The Labute approximate surface area is 239 Å². The molecular formula is C33H45NO6. The van der Waals surface area contributed by atoms with E-state index in [1.54, 1.807) is 0 Å². The molecule has 0 amide bonds. The Morgan fingerprint density at radius 3 is 1.62 bits per heavy atom. The van der Waals surface area contributed by atoms with E-state index in [0.29, 0.717) is 31.2 Å². The number of aliphatic hydroxyl groups is 3. The molecule has 218 valence electrons. The molecule has 7 heteroatoms. The molecule has 0 aliphatic carbocycles. The van der Waals surface area contributed by atoms with Gasteiger partial charge in [-0.3, -0.25) is 4.90 Å². The van der Waals surface area contributed by atoms with Crippen molar-refractivity contribution >= 4 is 0 Å². The van der Waals surface area contributed by atoms with Crippen molar-refractivity contribution in [2.75, 3.05) is 39.5 Å². The average Bonchev–Trinajstić information content (AvgIpc) is 2.99. The molecule has 3 atom stereocenters. The fourth-order valence-electron chi connectivity index (χ4n) is 4.64. The van der Waals surface area contributed by atoms with Gasteiger partial charge < -0.3 is 29.5 Å². The molecule has 0 fully saturated rings. The van der Waals surface area contributed by atoms with Gasteiger partial charge in [-0.15, -0.1) is 0 Å². The highest BCUT2D eigenvalue weighted by Gasteiger charge is 2.25. The van der Waals surface area contributed by atoms with Crippen LogP contribution in [-0.2, 0) is 0 Å². The Morgan fingerprint density at radius 2 is 1.12 bits per heavy atom. The SMILES string of the molecule is CC[C@H](c1ccc(OCCCCCCO)cc1)N(CC(O)COc1ccccc1)CC(O)COc1ccccc1. The first-order valence-corrected chi connectivity index (χ1v) is 14.4. The molecule has 0 saturated heterocycles. The van der Waals surface area contributed by atoms with Crippen molar-refractivity contribution in [3.63, 3.8) is 0 Å². The maximum absolute atomic E-state index is 10.9. The van der Waals surface area contributed by atoms with Gasteiger partial charge >= 0.3 is 0 Å². The van der Waals surface area contributed by atoms with E-state index in [-0.39, 0.29) is 25.9 Å². The monoisotopic (exact) mass is 551 g/mol. The highest BCUT2D eigenvalue weighted by atomic mass is 16.5. The van der Waals surface area contributed by atoms with Crippen molar-refractivity contribution in [2.45, 2.75) is 57.3 Å². The van der Waals surface area contributed by atoms with E-state index in [2.05, 4.69) is 24.0 Å². The summed E-state index contributed by atoms with van der Waals surface area (Å²) < 4.78 is 17.5. The quantitative estimate of drug-likeness (QED) is 0.165. The zero-order valence-corrected chi connectivity index (χ0v) is 23.6. The molecule has 3 aromatic carbocycles. The molecule has 0 radical (unpaired) electrons. The Bertz CT molecular complexity index is 982. The van der Waals surface area contributed by atoms with Crippen LogP contribution in [0.1, 0.15) is 50.6 Å². The first-order chi connectivity index (χ1) is 19.6. The van der Waals surface area contributed by atoms with E-state index < -0.39 is 12.2 Å². The van der Waals surface area contributed by atoms with Gasteiger partial charge in [0.25, 0.3) is 0 Å². The van der Waals surface area contributed by atoms with Crippen molar-refractivity contribution in [3.8, 4) is 17.2 Å². The predicted octanol–water partition coefficient (Wildman–Crippen LogP) is 5.25. The summed E-state index contributed by atoms with van der Waals surface area (Å²) in [4.78, 5) is 2.11. The molecule has 0 aliphatic rings. The van der Waals surface area contributed by atoms with Crippen LogP contribution >= 0.6 is 0 Å². The third kappa shape index (κ3) is 11.6. The largest absolute Gasteiger partial charge is 0.494 e. The second-order valence-corrected chi connectivity index (χ2v) is 9.99. The molecule has 0 spiro atoms. The third-order valence-electron chi connectivity index (χ3n) is 6.68. The maximum atomic E-state index is 10.9. The van der Waals surface area contributed by atoms with Gasteiger partial charge in [-0.05, 0) is 67.6 Å². The van der Waals surface area contributed by atoms with Gasteiger partial charge in [-0.2, -0.15) is 0 Å². The molecule has 2 unspecified atom stereocenters. The molecule has 0 bridgehead atoms. The Balaban J connectivity index is 1.62. The van der Waals surface area contributed by atoms with Gasteiger partial charge in [0.1, 0.15) is 42.7 Å². The molecule has 0 aromatic heterocycles. The molecular weight excluding hydrogens is 506 g/mol. The average molecular weight is 552 g/mol. The smallest absolute Gasteiger partial charge is 0.119 e. The topological polar surface area (TPSA) is 91.6 Å². The fourth-order valence-corrected chi connectivity index (χ4v) is 4.64. The van der Waals surface area contributed by atoms with Gasteiger partial charge in [-0.25, -0.2) is 0 Å². The summed E-state index contributed by atoms with van der Waals surface area (Å²) in [5, 5.41) is 30.7. The van der Waals surface area contributed by atoms with Crippen molar-refractivity contribution in [1.29, 1.82) is 0 Å². The summed E-state index contributed by atoms with van der Waals surface area (Å²) in [6.07, 6.45) is 3.15. The van der Waals surface area contributed by atoms with E-state index in [1.165, 1.54) is 0 Å². The van der Waals surface area contributed by atoms with Crippen LogP contribution in [-0.4, -0.2) is 71.9 Å². The summed E-state index contributed by atoms with van der Waals surface area (Å²) in [6.45, 7) is 3.96. The number of hydrogen-bond donors (Lipinski definition) is 3. The van der Waals surface area contributed by atoms with Crippen LogP contribution in [0.15, 0.2) is 84.9 Å². The number of hydrogen-bond acceptors (Lipinski definition) is 7. The van der Waals surface area contributed by atoms with Crippen molar-refractivity contribution in [1.82, 2.24) is 4.90 Å². The fraction of sp³-hybridized carbons (Fsp3) is 0.455. The number of unbranched alkanes of at least 4 members (excludes halogenated alkanes) is 3. The van der Waals surface area contributed by atoms with Crippen molar-refractivity contribution in [2.24, 2.45) is 0 Å². The van der Waals surface area contributed by atoms with Crippen LogP contribution < -0.4 is 14.2 Å². The Morgan fingerprint density at radius 1 is 0.625 bits per heavy atom. The van der Waals surface area contributed by atoms with E-state index in [0.717, 1.165) is 43.4 Å². The summed E-state index contributed by atoms with van der Waals surface area (Å²) in [5.74, 6) is 2.24. The first-order valence-electron chi connectivity index (χ1n) is 14.4. The molecule has 3 N–H and O–H groups in total. The van der Waals surface area contributed by atoms with E-state index >= 15 is 0 Å². The molecule has 3 rings (SSSR count). The molecule has 0 aliphatic heterocycles. The van der Waals surface area contributed by atoms with Crippen LogP contribution in [0.4, 0.5) is 0 Å². The Kier molecular flexibility index (Phi) is 14.4. The van der Waals surface area contributed by atoms with Gasteiger partial charge in [0.15, 0.2) is 0 Å². The van der Waals surface area contributed by atoms with Crippen LogP contribution in [0.2, 0.25) is 0 Å². The summed E-state index contributed by atoms with van der Waals surface area (Å²) in [6, 6.07) is 26.9. The Hall–Kier alpha value is -3.10. The van der Waals surface area contributed by atoms with Crippen LogP contribution in [0, 0.1) is 0 Å². The summed E-state index contributed by atoms with van der Waals surface area (Å²) in [5.41, 5.74) is 1.09. The van der Waals surface area contributed by atoms with Crippen LogP contribution in [0.5, 0.6) is 17.2 Å². The minimum atomic E-state index is -0.745. The predicted molar refractivity (Wildman–Crippen MR) is 158 cm³/mol. The second kappa shape index (κ2) is 18.3. The minimum Gasteiger partial charge on any atom is -0.494 e. The van der Waals surface area contributed by atoms with Crippen LogP contribution in [0.25, 0.3) is 0 Å². The lowest BCUT2D eigenvalue weighted by Gasteiger charge is -2.34. The molecule has 0 heterocycles. The number of ether oxygens (including phenoxy) is 3. The molecule has 0 saturated carbocycles. The number of benzene rings is 3. The molecule has 3 aromatic rings. The summed E-state index contributed by atoms with van der Waals surface area (Å²) >= 11 is 0. The highest BCUT2D eigenvalue weighted by molar-refractivity contribution is 5.29. The standard InChI is InChI=1S/C33H45NO6/c1-2-33(27-17-19-32(20-18-27)38-22-12-4-3-11-21-35)34(23-28(36)25-39-30-13-7-5-8-14-30)24-29(37)26-40-31-15-9-6-10-16-31/h5-10,13-20,28-29,33,35-37H,2-4,11-12,21-26H2,1H3/t28?,29?,33-/m1/s1. The van der Waals surface area contributed by atoms with Crippen LogP contribution in [0.3, 0.4) is 0 Å². The van der Waals surface area contributed by atoms with E-state index in [1.807, 2.05) is 72.8 Å². The third-order valence-corrected chi connectivity index (χ3v) is 6.68. The lowest BCUT2D eigenvalue weighted by atomic mass is 10.0. The minimum absolute atomic E-state index is 0.0229. The van der Waals surface area contributed by atoms with E-state index in [4.69, 9.17) is 19.3 Å². The summed E-state index contributed by atoms with van der Waals surface area (Å²) in [7, 11) is 0. The molecule has 40 heavy (non-hydrogen) atoms. The number of para-hydroxylation sites is 2. The lowest BCUT2D eigenvalue weighted by molar-refractivity contribution is 0.0124. The lowest BCUT2D eigenvalue weighted by Crippen LogP contribution is -2.43. The van der Waals surface area contributed by atoms with Gasteiger partial charge in [0, 0.05) is 25.7 Å². The maximum Gasteiger partial charge on any atom is 0.119 e. The number of nitrogens with zero attached hydrogens (tertiary/aromatic N) is 1. The zero-order valence-electron chi connectivity index (χ0n) is 23.6. The molecule has 7 nitrogen and oxygen atoms in total. The first kappa shape index (κ1) is 31.4. The second-order valence-electron chi connectivity index (χ2n) is 9.99. The normalized spacial score (nSPS) is 13.5. The number of rotatable bonds is 20. The van der Waals surface area contributed by atoms with Gasteiger partial charge in [0.05, 0.1) is 6.61 Å². The van der Waals surface area contributed by atoms with Crippen molar-refractivity contribution in [3.05, 3.63) is 90.5 Å². The van der Waals surface area contributed by atoms with Gasteiger partial charge in [0.2, 0.25) is 0 Å². The highest BCUT2D eigenvalue weighted by Crippen LogP contribution is 2.27. The number of aliphatic hydroxyl groups excluding tert-OH is 3. The van der Waals surface area contributed by atoms with E-state index in [9.17, 15) is 10.2 Å². The van der Waals surface area contributed by atoms with Gasteiger partial charge in [-0.1, -0.05) is 61.9 Å².